The zero-order valence-electron chi connectivity index (χ0n) is 13.1. The quantitative estimate of drug-likeness (QED) is 0.875. The molecule has 0 unspecified atom stereocenters. The van der Waals surface area contributed by atoms with E-state index in [2.05, 4.69) is 32.2 Å². The molecule has 0 amide bonds. The van der Waals surface area contributed by atoms with Crippen LogP contribution < -0.4 is 10.1 Å². The van der Waals surface area contributed by atoms with Crippen LogP contribution in [-0.4, -0.2) is 29.8 Å². The zero-order chi connectivity index (χ0) is 15.5. The molecule has 1 aromatic carbocycles. The maximum atomic E-state index is 10.6. The van der Waals surface area contributed by atoms with Crippen molar-refractivity contribution >= 4 is 5.97 Å². The molecule has 1 atom stereocenters. The fourth-order valence-electron chi connectivity index (χ4n) is 2.67. The summed E-state index contributed by atoms with van der Waals surface area (Å²) < 4.78 is 5.27. The molecule has 21 heavy (non-hydrogen) atoms. The minimum Gasteiger partial charge on any atom is -0.482 e. The number of benzene rings is 1. The number of aliphatic carboxylic acids is 1. The van der Waals surface area contributed by atoms with Crippen LogP contribution in [0.1, 0.15) is 38.3 Å². The molecule has 0 radical (unpaired) electrons. The highest BCUT2D eigenvalue weighted by Gasteiger charge is 2.21. The molecule has 4 nitrogen and oxygen atoms in total. The predicted octanol–water partition coefficient (Wildman–Crippen LogP) is 2.64. The van der Waals surface area contributed by atoms with Gasteiger partial charge >= 0.3 is 5.97 Å². The number of hydrogen-bond acceptors (Lipinski definition) is 3. The lowest BCUT2D eigenvalue weighted by Crippen LogP contribution is -2.40. The largest absolute Gasteiger partial charge is 0.482 e. The Morgan fingerprint density at radius 3 is 2.81 bits per heavy atom. The molecule has 0 heterocycles. The summed E-state index contributed by atoms with van der Waals surface area (Å²) in [5.74, 6) is 0.340. The Balaban J connectivity index is 1.98. The van der Waals surface area contributed by atoms with Gasteiger partial charge in [0.2, 0.25) is 0 Å². The first kappa shape index (κ1) is 15.8. The normalized spacial score (nSPS) is 18.1. The summed E-state index contributed by atoms with van der Waals surface area (Å²) in [4.78, 5) is 10.6. The van der Waals surface area contributed by atoms with Gasteiger partial charge in [-0.25, -0.2) is 4.79 Å². The van der Waals surface area contributed by atoms with Gasteiger partial charge in [0, 0.05) is 5.54 Å². The monoisotopic (exact) mass is 291 g/mol. The van der Waals surface area contributed by atoms with Crippen molar-refractivity contribution in [3.05, 3.63) is 29.3 Å². The smallest absolute Gasteiger partial charge is 0.341 e. The summed E-state index contributed by atoms with van der Waals surface area (Å²) >= 11 is 0. The van der Waals surface area contributed by atoms with E-state index < -0.39 is 5.97 Å². The van der Waals surface area contributed by atoms with Gasteiger partial charge in [-0.2, -0.15) is 0 Å². The highest BCUT2D eigenvalue weighted by Crippen LogP contribution is 2.28. The van der Waals surface area contributed by atoms with E-state index in [1.54, 1.807) is 0 Å². The van der Waals surface area contributed by atoms with Crippen LogP contribution in [0.3, 0.4) is 0 Å². The van der Waals surface area contributed by atoms with Crippen molar-refractivity contribution in [1.82, 2.24) is 5.32 Å². The second-order valence-corrected chi connectivity index (χ2v) is 6.85. The minimum atomic E-state index is -0.944. The van der Waals surface area contributed by atoms with Crippen molar-refractivity contribution in [2.45, 2.75) is 45.6 Å². The lowest BCUT2D eigenvalue weighted by molar-refractivity contribution is -0.139. The Hall–Kier alpha value is -1.55. The Morgan fingerprint density at radius 2 is 2.14 bits per heavy atom. The zero-order valence-corrected chi connectivity index (χ0v) is 13.1. The Kier molecular flexibility index (Phi) is 4.88. The molecule has 0 bridgehead atoms. The average Bonchev–Trinajstić information content (AvgIpc) is 2.41. The van der Waals surface area contributed by atoms with Gasteiger partial charge in [0.15, 0.2) is 6.61 Å². The highest BCUT2D eigenvalue weighted by atomic mass is 16.5. The first-order valence-corrected chi connectivity index (χ1v) is 7.55. The molecule has 0 spiro atoms. The summed E-state index contributed by atoms with van der Waals surface area (Å²) in [6, 6.07) is 5.94. The predicted molar refractivity (Wildman–Crippen MR) is 82.8 cm³/mol. The van der Waals surface area contributed by atoms with Crippen LogP contribution in [0.2, 0.25) is 0 Å². The van der Waals surface area contributed by atoms with E-state index in [1.165, 1.54) is 17.5 Å². The summed E-state index contributed by atoms with van der Waals surface area (Å²) in [5, 5.41) is 12.2. The first-order chi connectivity index (χ1) is 9.83. The van der Waals surface area contributed by atoms with Crippen LogP contribution in [0.15, 0.2) is 18.2 Å². The van der Waals surface area contributed by atoms with Crippen LogP contribution in [0.5, 0.6) is 5.75 Å². The van der Waals surface area contributed by atoms with Crippen LogP contribution >= 0.6 is 0 Å². The third kappa shape index (κ3) is 5.05. The second kappa shape index (κ2) is 6.48. The summed E-state index contributed by atoms with van der Waals surface area (Å²) in [7, 11) is 0. The summed E-state index contributed by atoms with van der Waals surface area (Å²) in [6.07, 6.45) is 3.32. The maximum absolute atomic E-state index is 10.6. The number of carbonyl (C=O) groups is 1. The molecule has 2 rings (SSSR count). The standard InChI is InChI=1S/C17H25NO3/c1-17(2,3)18-10-12-4-5-13-6-7-15(9-14(13)8-12)21-11-16(19)20/h6-7,9,12,18H,4-5,8,10-11H2,1-3H3,(H,19,20)/t12-/m1/s1. The van der Waals surface area contributed by atoms with Crippen molar-refractivity contribution in [3.63, 3.8) is 0 Å². The van der Waals surface area contributed by atoms with Crippen LogP contribution in [-0.2, 0) is 17.6 Å². The fourth-order valence-corrected chi connectivity index (χ4v) is 2.67. The van der Waals surface area contributed by atoms with Gasteiger partial charge in [-0.3, -0.25) is 0 Å². The van der Waals surface area contributed by atoms with E-state index in [9.17, 15) is 4.79 Å². The van der Waals surface area contributed by atoms with Gasteiger partial charge in [0.25, 0.3) is 0 Å². The topological polar surface area (TPSA) is 58.6 Å². The number of hydrogen-bond donors (Lipinski definition) is 2. The number of rotatable bonds is 5. The molecule has 2 N–H and O–H groups in total. The van der Waals surface area contributed by atoms with Crippen molar-refractivity contribution in [3.8, 4) is 5.75 Å². The summed E-state index contributed by atoms with van der Waals surface area (Å²) in [6.45, 7) is 7.28. The van der Waals surface area contributed by atoms with Crippen molar-refractivity contribution in [1.29, 1.82) is 0 Å². The van der Waals surface area contributed by atoms with Gasteiger partial charge in [0.1, 0.15) is 5.75 Å². The van der Waals surface area contributed by atoms with Crippen molar-refractivity contribution in [2.75, 3.05) is 13.2 Å². The van der Waals surface area contributed by atoms with Gasteiger partial charge in [-0.05, 0) is 75.8 Å². The van der Waals surface area contributed by atoms with Crippen LogP contribution in [0.25, 0.3) is 0 Å². The molecular weight excluding hydrogens is 266 g/mol. The number of ether oxygens (including phenoxy) is 1. The van der Waals surface area contributed by atoms with E-state index >= 15 is 0 Å². The molecule has 1 aliphatic carbocycles. The first-order valence-electron chi connectivity index (χ1n) is 7.55. The van der Waals surface area contributed by atoms with Gasteiger partial charge in [-0.1, -0.05) is 6.07 Å². The molecule has 0 saturated carbocycles. The van der Waals surface area contributed by atoms with Crippen molar-refractivity contribution in [2.24, 2.45) is 5.92 Å². The number of carboxylic acids is 1. The molecule has 1 aliphatic rings. The van der Waals surface area contributed by atoms with E-state index in [4.69, 9.17) is 9.84 Å². The number of nitrogens with one attached hydrogen (secondary N) is 1. The molecular formula is C17H25NO3. The van der Waals surface area contributed by atoms with E-state index in [1.807, 2.05) is 12.1 Å². The molecule has 0 aromatic heterocycles. The van der Waals surface area contributed by atoms with Crippen molar-refractivity contribution < 1.29 is 14.6 Å². The average molecular weight is 291 g/mol. The van der Waals surface area contributed by atoms with Crippen LogP contribution in [0.4, 0.5) is 0 Å². The van der Waals surface area contributed by atoms with Gasteiger partial charge in [0.05, 0.1) is 0 Å². The Morgan fingerprint density at radius 1 is 1.38 bits per heavy atom. The van der Waals surface area contributed by atoms with Crippen LogP contribution in [0, 0.1) is 5.92 Å². The lowest BCUT2D eigenvalue weighted by Gasteiger charge is -2.29. The molecule has 1 aromatic rings. The molecule has 4 heteroatoms. The summed E-state index contributed by atoms with van der Waals surface area (Å²) in [5.41, 5.74) is 2.81. The molecule has 0 aliphatic heterocycles. The fraction of sp³-hybridized carbons (Fsp3) is 0.588. The number of fused-ring (bicyclic) bond motifs is 1. The Bertz CT molecular complexity index is 505. The van der Waals surface area contributed by atoms with E-state index in [0.29, 0.717) is 11.7 Å². The van der Waals surface area contributed by atoms with Gasteiger partial charge in [-0.15, -0.1) is 0 Å². The van der Waals surface area contributed by atoms with E-state index in [-0.39, 0.29) is 12.1 Å². The number of aryl methyl sites for hydroxylation is 1. The third-order valence-corrected chi connectivity index (χ3v) is 3.79. The minimum absolute atomic E-state index is 0.146. The van der Waals surface area contributed by atoms with Gasteiger partial charge < -0.3 is 15.2 Å². The van der Waals surface area contributed by atoms with E-state index in [0.717, 1.165) is 19.4 Å². The maximum Gasteiger partial charge on any atom is 0.341 e. The lowest BCUT2D eigenvalue weighted by atomic mass is 9.83. The SMILES string of the molecule is CC(C)(C)NC[C@@H]1CCc2ccc(OCC(=O)O)cc2C1. The molecule has 0 fully saturated rings. The third-order valence-electron chi connectivity index (χ3n) is 3.79. The highest BCUT2D eigenvalue weighted by molar-refractivity contribution is 5.68. The Labute approximate surface area is 126 Å². The number of carboxylic acid groups (broad SMARTS) is 1. The molecule has 0 saturated heterocycles. The molecule has 116 valence electrons. The second-order valence-electron chi connectivity index (χ2n) is 6.85.